The number of hydrogen-bond donors (Lipinski definition) is 1. The van der Waals surface area contributed by atoms with Gasteiger partial charge in [-0.25, -0.2) is 12.7 Å². The third-order valence-electron chi connectivity index (χ3n) is 4.63. The molecule has 1 N–H and O–H groups in total. The summed E-state index contributed by atoms with van der Waals surface area (Å²) in [4.78, 5) is 12.8. The maximum Gasteiger partial charge on any atom is 0.251 e. The van der Waals surface area contributed by atoms with Crippen molar-refractivity contribution >= 4 is 31.9 Å². The molecule has 1 atom stereocenters. The lowest BCUT2D eigenvalue weighted by Gasteiger charge is -2.24. The molecule has 1 amide bonds. The summed E-state index contributed by atoms with van der Waals surface area (Å²) in [5.41, 5.74) is 2.61. The summed E-state index contributed by atoms with van der Waals surface area (Å²) >= 11 is 3.27. The lowest BCUT2D eigenvalue weighted by atomic mass is 9.93. The molecule has 0 bridgehead atoms. The maximum atomic E-state index is 12.7. The molecule has 1 aromatic heterocycles. The molecule has 0 saturated carbocycles. The number of sulfonamides is 1. The van der Waals surface area contributed by atoms with Crippen LogP contribution < -0.4 is 5.32 Å². The summed E-state index contributed by atoms with van der Waals surface area (Å²) in [5, 5.41) is 7.32. The van der Waals surface area contributed by atoms with Crippen LogP contribution >= 0.6 is 15.9 Å². The van der Waals surface area contributed by atoms with Crippen LogP contribution in [0.15, 0.2) is 33.8 Å². The zero-order chi connectivity index (χ0) is 19.1. The summed E-state index contributed by atoms with van der Waals surface area (Å²) in [5.74, 6) is -0.235. The number of aryl methyl sites for hydroxylation is 1. The van der Waals surface area contributed by atoms with Crippen LogP contribution in [0.2, 0.25) is 0 Å². The van der Waals surface area contributed by atoms with Crippen LogP contribution in [-0.2, 0) is 23.5 Å². The molecule has 0 aliphatic heterocycles. The number of carbonyl (C=O) groups is 1. The van der Waals surface area contributed by atoms with Gasteiger partial charge < -0.3 is 5.32 Å². The van der Waals surface area contributed by atoms with Gasteiger partial charge in [0.2, 0.25) is 10.0 Å². The number of halogens is 1. The van der Waals surface area contributed by atoms with Gasteiger partial charge in [-0.1, -0.05) is 0 Å². The van der Waals surface area contributed by atoms with Gasteiger partial charge in [0.15, 0.2) is 0 Å². The Morgan fingerprint density at radius 3 is 2.77 bits per heavy atom. The van der Waals surface area contributed by atoms with E-state index in [2.05, 4.69) is 26.3 Å². The first kappa shape index (κ1) is 19.1. The molecule has 26 heavy (non-hydrogen) atoms. The first-order valence-electron chi connectivity index (χ1n) is 8.25. The molecule has 0 spiro atoms. The Morgan fingerprint density at radius 2 is 2.12 bits per heavy atom. The van der Waals surface area contributed by atoms with Crippen molar-refractivity contribution in [3.8, 4) is 0 Å². The number of aromatic nitrogens is 2. The molecule has 1 aliphatic rings. The van der Waals surface area contributed by atoms with E-state index in [1.807, 2.05) is 17.9 Å². The Kier molecular flexibility index (Phi) is 5.23. The van der Waals surface area contributed by atoms with Crippen LogP contribution in [0.4, 0.5) is 0 Å². The molecule has 0 saturated heterocycles. The zero-order valence-corrected chi connectivity index (χ0v) is 17.3. The molecule has 0 fully saturated rings. The number of benzene rings is 1. The Balaban J connectivity index is 1.83. The van der Waals surface area contributed by atoms with Crippen molar-refractivity contribution < 1.29 is 13.2 Å². The highest BCUT2D eigenvalue weighted by atomic mass is 79.9. The van der Waals surface area contributed by atoms with Crippen LogP contribution in [0.1, 0.15) is 40.5 Å². The summed E-state index contributed by atoms with van der Waals surface area (Å²) in [6.07, 6.45) is 4.61. The Hall–Kier alpha value is -1.71. The second-order valence-corrected chi connectivity index (χ2v) is 9.50. The van der Waals surface area contributed by atoms with E-state index in [4.69, 9.17) is 0 Å². The lowest BCUT2D eigenvalue weighted by molar-refractivity contribution is 0.0932. The molecule has 7 nitrogen and oxygen atoms in total. The van der Waals surface area contributed by atoms with Gasteiger partial charge in [0.1, 0.15) is 0 Å². The minimum atomic E-state index is -3.57. The van der Waals surface area contributed by atoms with E-state index < -0.39 is 10.0 Å². The molecule has 0 radical (unpaired) electrons. The number of nitrogens with zero attached hydrogens (tertiary/aromatic N) is 3. The number of fused-ring (bicyclic) bond motifs is 1. The fourth-order valence-corrected chi connectivity index (χ4v) is 5.08. The Bertz CT molecular complexity index is 953. The first-order chi connectivity index (χ1) is 12.2. The average molecular weight is 441 g/mol. The van der Waals surface area contributed by atoms with Crippen LogP contribution in [-0.4, -0.2) is 42.5 Å². The molecule has 140 valence electrons. The molecular formula is C17H21BrN4O3S. The van der Waals surface area contributed by atoms with E-state index in [1.54, 1.807) is 6.07 Å². The van der Waals surface area contributed by atoms with E-state index >= 15 is 0 Å². The van der Waals surface area contributed by atoms with Gasteiger partial charge in [0.05, 0.1) is 17.1 Å². The van der Waals surface area contributed by atoms with Gasteiger partial charge in [-0.3, -0.25) is 9.48 Å². The monoisotopic (exact) mass is 440 g/mol. The summed E-state index contributed by atoms with van der Waals surface area (Å²) < 4.78 is 27.9. The molecule has 2 aromatic rings. The fraction of sp³-hybridized carbons (Fsp3) is 0.412. The SMILES string of the molecule is CN(C)S(=O)(=O)c1ccc(C(=O)NC2CCCc3c2cnn3C)cc1Br. The van der Waals surface area contributed by atoms with Crippen molar-refractivity contribution in [3.05, 3.63) is 45.7 Å². The van der Waals surface area contributed by atoms with Crippen LogP contribution in [0.3, 0.4) is 0 Å². The third-order valence-corrected chi connectivity index (χ3v) is 7.43. The normalized spacial score (nSPS) is 17.2. The van der Waals surface area contributed by atoms with Crippen molar-refractivity contribution in [3.63, 3.8) is 0 Å². The van der Waals surface area contributed by atoms with Crippen molar-refractivity contribution in [2.45, 2.75) is 30.2 Å². The number of rotatable bonds is 4. The molecule has 9 heteroatoms. The third kappa shape index (κ3) is 3.43. The average Bonchev–Trinajstić information content (AvgIpc) is 2.96. The lowest BCUT2D eigenvalue weighted by Crippen LogP contribution is -2.31. The molecular weight excluding hydrogens is 420 g/mol. The fourth-order valence-electron chi connectivity index (χ4n) is 3.15. The standard InChI is InChI=1S/C17H21BrN4O3S/c1-21(2)26(24,25)16-8-7-11(9-13(16)18)17(23)20-14-5-4-6-15-12(14)10-19-22(15)3/h7-10,14H,4-6H2,1-3H3,(H,20,23). The Morgan fingerprint density at radius 1 is 1.38 bits per heavy atom. The number of amides is 1. The van der Waals surface area contributed by atoms with Crippen molar-refractivity contribution in [2.24, 2.45) is 7.05 Å². The van der Waals surface area contributed by atoms with Crippen LogP contribution in [0, 0.1) is 0 Å². The number of carbonyl (C=O) groups excluding carboxylic acids is 1. The van der Waals surface area contributed by atoms with Gasteiger partial charge in [0.25, 0.3) is 5.91 Å². The largest absolute Gasteiger partial charge is 0.345 e. The zero-order valence-electron chi connectivity index (χ0n) is 14.9. The van der Waals surface area contributed by atoms with Gasteiger partial charge in [-0.2, -0.15) is 5.10 Å². The topological polar surface area (TPSA) is 84.3 Å². The van der Waals surface area contributed by atoms with Gasteiger partial charge in [-0.15, -0.1) is 0 Å². The number of nitrogens with one attached hydrogen (secondary N) is 1. The minimum Gasteiger partial charge on any atom is -0.345 e. The highest BCUT2D eigenvalue weighted by Crippen LogP contribution is 2.30. The van der Waals surface area contributed by atoms with E-state index in [0.717, 1.165) is 34.8 Å². The summed E-state index contributed by atoms with van der Waals surface area (Å²) in [7, 11) is 1.27. The predicted octanol–water partition coefficient (Wildman–Crippen LogP) is 2.24. The van der Waals surface area contributed by atoms with Gasteiger partial charge in [-0.05, 0) is 53.4 Å². The highest BCUT2D eigenvalue weighted by Gasteiger charge is 2.26. The van der Waals surface area contributed by atoms with E-state index in [9.17, 15) is 13.2 Å². The second-order valence-electron chi connectivity index (χ2n) is 6.52. The van der Waals surface area contributed by atoms with Crippen LogP contribution in [0.5, 0.6) is 0 Å². The van der Waals surface area contributed by atoms with E-state index in [0.29, 0.717) is 10.0 Å². The maximum absolute atomic E-state index is 12.7. The molecule has 3 rings (SSSR count). The molecule has 1 heterocycles. The summed E-state index contributed by atoms with van der Waals surface area (Å²) in [6, 6.07) is 4.44. The highest BCUT2D eigenvalue weighted by molar-refractivity contribution is 9.10. The first-order valence-corrected chi connectivity index (χ1v) is 10.5. The predicted molar refractivity (Wildman–Crippen MR) is 101 cm³/mol. The minimum absolute atomic E-state index is 0.0797. The van der Waals surface area contributed by atoms with Gasteiger partial charge in [0, 0.05) is 42.4 Å². The number of hydrogen-bond acceptors (Lipinski definition) is 4. The summed E-state index contributed by atoms with van der Waals surface area (Å²) in [6.45, 7) is 0. The molecule has 1 aromatic carbocycles. The quantitative estimate of drug-likeness (QED) is 0.789. The van der Waals surface area contributed by atoms with Crippen molar-refractivity contribution in [1.29, 1.82) is 0 Å². The van der Waals surface area contributed by atoms with Crippen molar-refractivity contribution in [1.82, 2.24) is 19.4 Å². The molecule has 1 aliphatic carbocycles. The van der Waals surface area contributed by atoms with E-state index in [-0.39, 0.29) is 16.8 Å². The smallest absolute Gasteiger partial charge is 0.251 e. The Labute approximate surface area is 161 Å². The van der Waals surface area contributed by atoms with Crippen LogP contribution in [0.25, 0.3) is 0 Å². The van der Waals surface area contributed by atoms with E-state index in [1.165, 1.54) is 26.2 Å². The van der Waals surface area contributed by atoms with Crippen molar-refractivity contribution in [2.75, 3.05) is 14.1 Å². The second kappa shape index (κ2) is 7.13. The van der Waals surface area contributed by atoms with Gasteiger partial charge >= 0.3 is 0 Å². The molecule has 1 unspecified atom stereocenters.